The summed E-state index contributed by atoms with van der Waals surface area (Å²) in [5.41, 5.74) is 5.63. The molecule has 1 aliphatic carbocycles. The van der Waals surface area contributed by atoms with Gasteiger partial charge >= 0.3 is 0 Å². The third-order valence-corrected chi connectivity index (χ3v) is 4.57. The molecule has 1 aliphatic rings. The van der Waals surface area contributed by atoms with E-state index in [1.807, 2.05) is 0 Å². The maximum absolute atomic E-state index is 12.3. The maximum atomic E-state index is 12.3. The molecule has 0 aromatic heterocycles. The molecule has 1 fully saturated rings. The molecule has 3 N–H and O–H groups in total. The Balaban J connectivity index is 2.35. The van der Waals surface area contributed by atoms with E-state index in [1.165, 1.54) is 19.3 Å². The fourth-order valence-corrected chi connectivity index (χ4v) is 3.22. The molecular weight excluding hydrogens is 236 g/mol. The first-order valence-electron chi connectivity index (χ1n) is 8.07. The number of nitrogens with two attached hydrogens (primary N) is 1. The lowest BCUT2D eigenvalue weighted by molar-refractivity contribution is -0.127. The minimum atomic E-state index is 0.227. The molecule has 3 heteroatoms. The van der Waals surface area contributed by atoms with Crippen molar-refractivity contribution in [3.05, 3.63) is 0 Å². The van der Waals surface area contributed by atoms with E-state index in [0.717, 1.165) is 32.2 Å². The molecule has 0 radical (unpaired) electrons. The van der Waals surface area contributed by atoms with Crippen LogP contribution in [0.15, 0.2) is 0 Å². The number of rotatable bonds is 7. The van der Waals surface area contributed by atoms with Gasteiger partial charge in [-0.3, -0.25) is 4.79 Å². The summed E-state index contributed by atoms with van der Waals surface area (Å²) in [6, 6.07) is 0.303. The molecule has 1 rings (SSSR count). The lowest BCUT2D eigenvalue weighted by Crippen LogP contribution is -2.39. The van der Waals surface area contributed by atoms with Gasteiger partial charge < -0.3 is 11.1 Å². The number of amides is 1. The number of carbonyl (C=O) groups is 1. The van der Waals surface area contributed by atoms with Gasteiger partial charge in [-0.1, -0.05) is 33.1 Å². The fourth-order valence-electron chi connectivity index (χ4n) is 3.22. The summed E-state index contributed by atoms with van der Waals surface area (Å²) in [5.74, 6) is 1.85. The van der Waals surface area contributed by atoms with Crippen LogP contribution < -0.4 is 11.1 Å². The molecule has 0 aromatic carbocycles. The number of hydrogen-bond acceptors (Lipinski definition) is 2. The van der Waals surface area contributed by atoms with E-state index in [4.69, 9.17) is 5.73 Å². The van der Waals surface area contributed by atoms with E-state index in [9.17, 15) is 4.79 Å². The largest absolute Gasteiger partial charge is 0.353 e. The third kappa shape index (κ3) is 5.94. The predicted octanol–water partition coefficient (Wildman–Crippen LogP) is 3.08. The lowest BCUT2D eigenvalue weighted by atomic mass is 9.79. The van der Waals surface area contributed by atoms with E-state index in [2.05, 4.69) is 26.1 Å². The van der Waals surface area contributed by atoms with Crippen molar-refractivity contribution in [3.8, 4) is 0 Å². The van der Waals surface area contributed by atoms with Gasteiger partial charge in [0.15, 0.2) is 0 Å². The topological polar surface area (TPSA) is 55.1 Å². The Morgan fingerprint density at radius 3 is 2.74 bits per heavy atom. The molecule has 0 aliphatic heterocycles. The first-order valence-corrected chi connectivity index (χ1v) is 8.07. The van der Waals surface area contributed by atoms with Crippen LogP contribution in [0.2, 0.25) is 0 Å². The number of hydrogen-bond donors (Lipinski definition) is 2. The van der Waals surface area contributed by atoms with Gasteiger partial charge in [-0.2, -0.15) is 0 Å². The van der Waals surface area contributed by atoms with Gasteiger partial charge in [0, 0.05) is 12.0 Å². The average Bonchev–Trinajstić information content (AvgIpc) is 2.39. The summed E-state index contributed by atoms with van der Waals surface area (Å²) in [7, 11) is 0. The summed E-state index contributed by atoms with van der Waals surface area (Å²) in [6.45, 7) is 7.34. The quantitative estimate of drug-likeness (QED) is 0.745. The molecule has 0 spiro atoms. The van der Waals surface area contributed by atoms with Gasteiger partial charge in [0.25, 0.3) is 0 Å². The van der Waals surface area contributed by atoms with Crippen molar-refractivity contribution in [1.82, 2.24) is 5.32 Å². The van der Waals surface area contributed by atoms with Crippen LogP contribution in [0.25, 0.3) is 0 Å². The molecule has 1 amide bonds. The van der Waals surface area contributed by atoms with Gasteiger partial charge in [0.05, 0.1) is 0 Å². The monoisotopic (exact) mass is 268 g/mol. The smallest absolute Gasteiger partial charge is 0.223 e. The van der Waals surface area contributed by atoms with Gasteiger partial charge in [0.2, 0.25) is 5.91 Å². The Bertz CT molecular complexity index is 265. The zero-order chi connectivity index (χ0) is 14.3. The van der Waals surface area contributed by atoms with Crippen LogP contribution in [0.3, 0.4) is 0 Å². The van der Waals surface area contributed by atoms with Crippen LogP contribution in [-0.4, -0.2) is 18.5 Å². The maximum Gasteiger partial charge on any atom is 0.223 e. The molecule has 1 saturated carbocycles. The zero-order valence-electron chi connectivity index (χ0n) is 13.0. The van der Waals surface area contributed by atoms with Crippen molar-refractivity contribution in [2.24, 2.45) is 23.5 Å². The van der Waals surface area contributed by atoms with Crippen molar-refractivity contribution >= 4 is 5.91 Å². The highest BCUT2D eigenvalue weighted by Crippen LogP contribution is 2.31. The summed E-state index contributed by atoms with van der Waals surface area (Å²) in [4.78, 5) is 12.3. The van der Waals surface area contributed by atoms with E-state index in [0.29, 0.717) is 17.9 Å². The molecule has 0 saturated heterocycles. The highest BCUT2D eigenvalue weighted by Gasteiger charge is 2.27. The van der Waals surface area contributed by atoms with Crippen LogP contribution in [-0.2, 0) is 4.79 Å². The van der Waals surface area contributed by atoms with Crippen LogP contribution in [0.1, 0.15) is 65.7 Å². The van der Waals surface area contributed by atoms with Crippen LogP contribution >= 0.6 is 0 Å². The second-order valence-electron chi connectivity index (χ2n) is 6.47. The summed E-state index contributed by atoms with van der Waals surface area (Å²) in [6.07, 6.45) is 7.88. The van der Waals surface area contributed by atoms with Crippen molar-refractivity contribution in [2.75, 3.05) is 6.54 Å². The minimum absolute atomic E-state index is 0.227. The molecule has 3 nitrogen and oxygen atoms in total. The van der Waals surface area contributed by atoms with Crippen LogP contribution in [0, 0.1) is 17.8 Å². The Morgan fingerprint density at radius 2 is 2.11 bits per heavy atom. The number of nitrogens with one attached hydrogen (secondary N) is 1. The van der Waals surface area contributed by atoms with Crippen molar-refractivity contribution < 1.29 is 4.79 Å². The first-order chi connectivity index (χ1) is 9.06. The zero-order valence-corrected chi connectivity index (χ0v) is 13.0. The van der Waals surface area contributed by atoms with E-state index >= 15 is 0 Å². The summed E-state index contributed by atoms with van der Waals surface area (Å²) < 4.78 is 0. The van der Waals surface area contributed by atoms with E-state index < -0.39 is 0 Å². The van der Waals surface area contributed by atoms with Crippen molar-refractivity contribution in [2.45, 2.75) is 71.8 Å². The Morgan fingerprint density at radius 1 is 1.37 bits per heavy atom. The molecule has 112 valence electrons. The first kappa shape index (κ1) is 16.5. The van der Waals surface area contributed by atoms with Crippen LogP contribution in [0.4, 0.5) is 0 Å². The predicted molar refractivity (Wildman–Crippen MR) is 80.8 cm³/mol. The van der Waals surface area contributed by atoms with Crippen LogP contribution in [0.5, 0.6) is 0 Å². The Kier molecular flexibility index (Phi) is 7.44. The minimum Gasteiger partial charge on any atom is -0.353 e. The standard InChI is InChI=1S/C16H32N2O/c1-4-12(2)10-13(3)18-16(19)15-7-5-6-14(11-15)8-9-17/h12-15H,4-11,17H2,1-3H3,(H,18,19). The van der Waals surface area contributed by atoms with Crippen molar-refractivity contribution in [3.63, 3.8) is 0 Å². The highest BCUT2D eigenvalue weighted by atomic mass is 16.1. The van der Waals surface area contributed by atoms with Gasteiger partial charge in [0.1, 0.15) is 0 Å². The SMILES string of the molecule is CCC(C)CC(C)NC(=O)C1CCCC(CCN)C1. The molecule has 19 heavy (non-hydrogen) atoms. The van der Waals surface area contributed by atoms with Gasteiger partial charge in [-0.25, -0.2) is 0 Å². The Hall–Kier alpha value is -0.570. The second-order valence-corrected chi connectivity index (χ2v) is 6.47. The molecule has 4 unspecified atom stereocenters. The highest BCUT2D eigenvalue weighted by molar-refractivity contribution is 5.79. The molecule has 4 atom stereocenters. The normalized spacial score (nSPS) is 26.7. The molecule has 0 bridgehead atoms. The third-order valence-electron chi connectivity index (χ3n) is 4.57. The molecule has 0 heterocycles. The lowest BCUT2D eigenvalue weighted by Gasteiger charge is -2.29. The summed E-state index contributed by atoms with van der Waals surface area (Å²) in [5, 5.41) is 3.21. The molecule has 0 aromatic rings. The Labute approximate surface area is 118 Å². The van der Waals surface area contributed by atoms with E-state index in [1.54, 1.807) is 0 Å². The number of carbonyl (C=O) groups excluding carboxylic acids is 1. The average molecular weight is 268 g/mol. The van der Waals surface area contributed by atoms with E-state index in [-0.39, 0.29) is 11.8 Å². The van der Waals surface area contributed by atoms with Gasteiger partial charge in [-0.15, -0.1) is 0 Å². The molecular formula is C16H32N2O. The van der Waals surface area contributed by atoms with Crippen molar-refractivity contribution in [1.29, 1.82) is 0 Å². The second kappa shape index (κ2) is 8.57. The van der Waals surface area contributed by atoms with Gasteiger partial charge in [-0.05, 0) is 51.0 Å². The fraction of sp³-hybridized carbons (Fsp3) is 0.938. The summed E-state index contributed by atoms with van der Waals surface area (Å²) >= 11 is 0.